The van der Waals surface area contributed by atoms with E-state index in [1.165, 1.54) is 22.2 Å². The number of aromatic nitrogens is 3. The minimum absolute atomic E-state index is 0.0485. The number of benzene rings is 2. The number of nitrogens with one attached hydrogen (secondary N) is 2. The molecular formula is C20H15N5O3S. The third-order valence-electron chi connectivity index (χ3n) is 4.14. The first kappa shape index (κ1) is 18.5. The van der Waals surface area contributed by atoms with Gasteiger partial charge < -0.3 is 5.32 Å². The Bertz CT molecular complexity index is 1230. The maximum absolute atomic E-state index is 12.4. The lowest BCUT2D eigenvalue weighted by Crippen LogP contribution is -2.22. The fraction of sp³-hybridized carbons (Fsp3) is 0.0500. The molecule has 2 amide bonds. The molecule has 2 aromatic carbocycles. The first-order valence-corrected chi connectivity index (χ1v) is 9.54. The van der Waals surface area contributed by atoms with Crippen molar-refractivity contribution in [1.29, 1.82) is 0 Å². The Morgan fingerprint density at radius 2 is 1.83 bits per heavy atom. The minimum atomic E-state index is -0.300. The van der Waals surface area contributed by atoms with Gasteiger partial charge in [-0.25, -0.2) is 4.98 Å². The van der Waals surface area contributed by atoms with Gasteiger partial charge in [-0.1, -0.05) is 12.1 Å². The molecule has 144 valence electrons. The molecular weight excluding hydrogens is 390 g/mol. The van der Waals surface area contributed by atoms with Crippen LogP contribution in [0.2, 0.25) is 0 Å². The summed E-state index contributed by atoms with van der Waals surface area (Å²) in [5, 5.41) is 12.3. The summed E-state index contributed by atoms with van der Waals surface area (Å²) in [6.07, 6.45) is 2.81. The zero-order valence-electron chi connectivity index (χ0n) is 15.0. The molecule has 0 aliphatic heterocycles. The van der Waals surface area contributed by atoms with E-state index in [0.717, 1.165) is 0 Å². The first-order valence-electron chi connectivity index (χ1n) is 8.66. The van der Waals surface area contributed by atoms with Gasteiger partial charge in [0.2, 0.25) is 11.3 Å². The van der Waals surface area contributed by atoms with Gasteiger partial charge in [-0.05, 0) is 36.4 Å². The number of nitrogens with zero attached hydrogens (tertiary/aromatic N) is 3. The molecule has 2 N–H and O–H groups in total. The lowest BCUT2D eigenvalue weighted by Gasteiger charge is -2.10. The van der Waals surface area contributed by atoms with Crippen LogP contribution in [-0.4, -0.2) is 26.6 Å². The van der Waals surface area contributed by atoms with Crippen molar-refractivity contribution < 1.29 is 9.59 Å². The van der Waals surface area contributed by atoms with Crippen LogP contribution in [0.4, 0.5) is 10.8 Å². The number of anilines is 2. The van der Waals surface area contributed by atoms with Crippen LogP contribution >= 0.6 is 11.3 Å². The van der Waals surface area contributed by atoms with E-state index in [2.05, 4.69) is 20.7 Å². The van der Waals surface area contributed by atoms with Gasteiger partial charge in [0.15, 0.2) is 5.13 Å². The summed E-state index contributed by atoms with van der Waals surface area (Å²) in [4.78, 5) is 40.5. The summed E-state index contributed by atoms with van der Waals surface area (Å²) < 4.78 is 1.47. The molecule has 0 unspecified atom stereocenters. The van der Waals surface area contributed by atoms with E-state index in [1.54, 1.807) is 60.1 Å². The van der Waals surface area contributed by atoms with E-state index in [-0.39, 0.29) is 23.8 Å². The molecule has 0 bridgehead atoms. The highest BCUT2D eigenvalue weighted by atomic mass is 32.1. The van der Waals surface area contributed by atoms with E-state index < -0.39 is 0 Å². The smallest absolute Gasteiger partial charge is 0.257 e. The maximum Gasteiger partial charge on any atom is 0.257 e. The van der Waals surface area contributed by atoms with Gasteiger partial charge in [0, 0.05) is 28.2 Å². The van der Waals surface area contributed by atoms with Crippen molar-refractivity contribution in [3.05, 3.63) is 82.1 Å². The zero-order chi connectivity index (χ0) is 20.2. The molecule has 29 heavy (non-hydrogen) atoms. The lowest BCUT2D eigenvalue weighted by atomic mass is 10.2. The first-order chi connectivity index (χ1) is 14.1. The van der Waals surface area contributed by atoms with Crippen molar-refractivity contribution in [2.75, 3.05) is 10.6 Å². The number of carbonyl (C=O) groups excluding carboxylic acids is 2. The number of thiazole rings is 1. The zero-order valence-corrected chi connectivity index (χ0v) is 15.8. The van der Waals surface area contributed by atoms with E-state index >= 15 is 0 Å². The molecule has 9 heteroatoms. The molecule has 0 aliphatic rings. The second-order valence-electron chi connectivity index (χ2n) is 6.10. The van der Waals surface area contributed by atoms with Gasteiger partial charge >= 0.3 is 0 Å². The van der Waals surface area contributed by atoms with Gasteiger partial charge in [0.25, 0.3) is 5.91 Å². The molecule has 0 atom stereocenters. The third-order valence-corrected chi connectivity index (χ3v) is 4.83. The Morgan fingerprint density at radius 3 is 2.59 bits per heavy atom. The second-order valence-corrected chi connectivity index (χ2v) is 7.00. The normalized spacial score (nSPS) is 10.6. The summed E-state index contributed by atoms with van der Waals surface area (Å²) >= 11 is 1.33. The Balaban J connectivity index is 1.43. The fourth-order valence-corrected chi connectivity index (χ4v) is 3.31. The number of rotatable bonds is 5. The summed E-state index contributed by atoms with van der Waals surface area (Å²) in [5.41, 5.74) is 1.39. The minimum Gasteiger partial charge on any atom is -0.324 e. The van der Waals surface area contributed by atoms with Gasteiger partial charge in [-0.3, -0.25) is 24.4 Å². The van der Waals surface area contributed by atoms with Gasteiger partial charge in [-0.15, -0.1) is 11.3 Å². The Hall–Kier alpha value is -3.85. The summed E-state index contributed by atoms with van der Waals surface area (Å²) in [5.74, 6) is -0.576. The number of hydrogen-bond acceptors (Lipinski definition) is 6. The molecule has 0 saturated carbocycles. The van der Waals surface area contributed by atoms with Crippen molar-refractivity contribution >= 4 is 44.9 Å². The van der Waals surface area contributed by atoms with Crippen molar-refractivity contribution in [3.63, 3.8) is 0 Å². The van der Waals surface area contributed by atoms with Crippen LogP contribution in [-0.2, 0) is 11.3 Å². The van der Waals surface area contributed by atoms with Crippen LogP contribution in [0, 0.1) is 0 Å². The molecule has 4 aromatic rings. The van der Waals surface area contributed by atoms with E-state index in [4.69, 9.17) is 0 Å². The van der Waals surface area contributed by atoms with Gasteiger partial charge in [0.05, 0.1) is 11.7 Å². The predicted octanol–water partition coefficient (Wildman–Crippen LogP) is 2.74. The Labute approximate surface area is 168 Å². The predicted molar refractivity (Wildman–Crippen MR) is 111 cm³/mol. The van der Waals surface area contributed by atoms with Crippen LogP contribution in [0.5, 0.6) is 0 Å². The van der Waals surface area contributed by atoms with Crippen LogP contribution in [0.1, 0.15) is 10.4 Å². The SMILES string of the molecule is O=C(Cn1ncc(=O)c2ccccc21)Nc1ccc(C(=O)Nc2nccs2)cc1. The van der Waals surface area contributed by atoms with Crippen LogP contribution < -0.4 is 16.1 Å². The highest BCUT2D eigenvalue weighted by Crippen LogP contribution is 2.15. The fourth-order valence-electron chi connectivity index (χ4n) is 2.78. The number of carbonyl (C=O) groups is 2. The monoisotopic (exact) mass is 405 g/mol. The quantitative estimate of drug-likeness (QED) is 0.531. The van der Waals surface area contributed by atoms with Crippen LogP contribution in [0.3, 0.4) is 0 Å². The highest BCUT2D eigenvalue weighted by Gasteiger charge is 2.10. The summed E-state index contributed by atoms with van der Waals surface area (Å²) in [6, 6.07) is 13.5. The number of amides is 2. The highest BCUT2D eigenvalue weighted by molar-refractivity contribution is 7.13. The molecule has 8 nitrogen and oxygen atoms in total. The van der Waals surface area contributed by atoms with Crippen molar-refractivity contribution in [2.24, 2.45) is 0 Å². The number of para-hydroxylation sites is 1. The van der Waals surface area contributed by atoms with Crippen molar-refractivity contribution in [1.82, 2.24) is 14.8 Å². The molecule has 0 radical (unpaired) electrons. The van der Waals surface area contributed by atoms with Crippen LogP contribution in [0.25, 0.3) is 10.9 Å². The molecule has 0 spiro atoms. The van der Waals surface area contributed by atoms with E-state index in [0.29, 0.717) is 27.3 Å². The Morgan fingerprint density at radius 1 is 1.03 bits per heavy atom. The summed E-state index contributed by atoms with van der Waals surface area (Å²) in [7, 11) is 0. The average molecular weight is 405 g/mol. The standard InChI is InChI=1S/C20H15N5O3S/c26-17-11-22-25(16-4-2-1-3-15(16)17)12-18(27)23-14-7-5-13(6-8-14)19(28)24-20-21-9-10-29-20/h1-11H,12H2,(H,23,27)(H,21,24,28). The van der Waals surface area contributed by atoms with Crippen molar-refractivity contribution in [3.8, 4) is 0 Å². The topological polar surface area (TPSA) is 106 Å². The number of fused-ring (bicyclic) bond motifs is 1. The van der Waals surface area contributed by atoms with Crippen LogP contribution in [0.15, 0.2) is 71.1 Å². The average Bonchev–Trinajstić information content (AvgIpc) is 3.24. The van der Waals surface area contributed by atoms with Gasteiger partial charge in [0.1, 0.15) is 6.54 Å². The maximum atomic E-state index is 12.4. The third kappa shape index (κ3) is 4.19. The largest absolute Gasteiger partial charge is 0.324 e. The molecule has 0 saturated heterocycles. The molecule has 0 aliphatic carbocycles. The summed E-state index contributed by atoms with van der Waals surface area (Å²) in [6.45, 7) is -0.0485. The molecule has 2 aromatic heterocycles. The van der Waals surface area contributed by atoms with Gasteiger partial charge in [-0.2, -0.15) is 5.10 Å². The second kappa shape index (κ2) is 8.03. The molecule has 4 rings (SSSR count). The lowest BCUT2D eigenvalue weighted by molar-refractivity contribution is -0.116. The molecule has 2 heterocycles. The molecule has 0 fully saturated rings. The Kier molecular flexibility index (Phi) is 5.12. The van der Waals surface area contributed by atoms with E-state index in [1.807, 2.05) is 0 Å². The van der Waals surface area contributed by atoms with Crippen molar-refractivity contribution in [2.45, 2.75) is 6.54 Å². The number of hydrogen-bond donors (Lipinski definition) is 2. The van der Waals surface area contributed by atoms with E-state index in [9.17, 15) is 14.4 Å².